The van der Waals surface area contributed by atoms with Gasteiger partial charge >= 0.3 is 0 Å². The van der Waals surface area contributed by atoms with Crippen LogP contribution in [0.15, 0.2) is 18.2 Å². The zero-order valence-electron chi connectivity index (χ0n) is 10.6. The molecule has 0 spiro atoms. The lowest BCUT2D eigenvalue weighted by atomic mass is 10.0. The van der Waals surface area contributed by atoms with E-state index in [-0.39, 0.29) is 12.6 Å². The molecule has 6 heteroatoms. The fourth-order valence-corrected chi connectivity index (χ4v) is 2.28. The number of nitrogens with one attached hydrogen (secondary N) is 1. The molecule has 1 aromatic carbocycles. The first-order valence-electron chi connectivity index (χ1n) is 6.08. The molecule has 0 aromatic heterocycles. The van der Waals surface area contributed by atoms with E-state index in [1.54, 1.807) is 12.1 Å². The summed E-state index contributed by atoms with van der Waals surface area (Å²) in [7, 11) is 0. The van der Waals surface area contributed by atoms with E-state index in [4.69, 9.17) is 27.9 Å². The van der Waals surface area contributed by atoms with E-state index in [9.17, 15) is 8.78 Å². The summed E-state index contributed by atoms with van der Waals surface area (Å²) < 4.78 is 28.5. The molecular weight excluding hydrogens is 295 g/mol. The Morgan fingerprint density at radius 2 is 2.05 bits per heavy atom. The number of halogens is 4. The van der Waals surface area contributed by atoms with Crippen LogP contribution < -0.4 is 5.32 Å². The van der Waals surface area contributed by atoms with E-state index in [2.05, 4.69) is 5.32 Å². The lowest BCUT2D eigenvalue weighted by Crippen LogP contribution is -2.25. The lowest BCUT2D eigenvalue weighted by molar-refractivity contribution is 0.0181. The number of hydrogen-bond acceptors (Lipinski definition) is 2. The Labute approximate surface area is 122 Å². The zero-order valence-corrected chi connectivity index (χ0v) is 12.1. The molecule has 0 heterocycles. The van der Waals surface area contributed by atoms with Gasteiger partial charge in [-0.05, 0) is 24.1 Å². The van der Waals surface area contributed by atoms with Crippen molar-refractivity contribution in [1.29, 1.82) is 0 Å². The summed E-state index contributed by atoms with van der Waals surface area (Å²) >= 11 is 12.0. The standard InChI is InChI=1S/C13H17Cl2F2NO/c1-2-12(18-5-6-19-8-13(16)17)10-4-3-9(14)7-11(10)15/h3-4,7,12-13,18H,2,5-6,8H2,1H3. The molecule has 1 unspecified atom stereocenters. The maximum atomic E-state index is 11.9. The van der Waals surface area contributed by atoms with E-state index < -0.39 is 13.0 Å². The molecule has 0 saturated heterocycles. The molecule has 0 bridgehead atoms. The second-order valence-electron chi connectivity index (χ2n) is 4.05. The van der Waals surface area contributed by atoms with Crippen LogP contribution in [0.25, 0.3) is 0 Å². The first-order valence-corrected chi connectivity index (χ1v) is 6.84. The smallest absolute Gasteiger partial charge is 0.261 e. The molecule has 0 radical (unpaired) electrons. The molecule has 19 heavy (non-hydrogen) atoms. The van der Waals surface area contributed by atoms with E-state index in [1.165, 1.54) is 0 Å². The molecule has 2 nitrogen and oxygen atoms in total. The largest absolute Gasteiger partial charge is 0.374 e. The van der Waals surface area contributed by atoms with Gasteiger partial charge in [0, 0.05) is 22.6 Å². The SMILES string of the molecule is CCC(NCCOCC(F)F)c1ccc(Cl)cc1Cl. The summed E-state index contributed by atoms with van der Waals surface area (Å²) in [5.41, 5.74) is 0.947. The van der Waals surface area contributed by atoms with Gasteiger partial charge in [0.05, 0.1) is 6.61 Å². The molecule has 0 aliphatic carbocycles. The van der Waals surface area contributed by atoms with Crippen LogP contribution in [0.4, 0.5) is 8.78 Å². The molecule has 0 aliphatic rings. The quantitative estimate of drug-likeness (QED) is 0.722. The van der Waals surface area contributed by atoms with Gasteiger partial charge in [-0.2, -0.15) is 0 Å². The van der Waals surface area contributed by atoms with Crippen LogP contribution in [-0.4, -0.2) is 26.2 Å². The van der Waals surface area contributed by atoms with Crippen LogP contribution in [0.1, 0.15) is 24.9 Å². The highest BCUT2D eigenvalue weighted by Crippen LogP contribution is 2.27. The lowest BCUT2D eigenvalue weighted by Gasteiger charge is -2.19. The van der Waals surface area contributed by atoms with Crippen molar-refractivity contribution in [2.24, 2.45) is 0 Å². The Bertz CT molecular complexity index is 391. The topological polar surface area (TPSA) is 21.3 Å². The molecule has 1 rings (SSSR count). The van der Waals surface area contributed by atoms with Gasteiger partial charge in [-0.1, -0.05) is 36.2 Å². The normalized spacial score (nSPS) is 12.9. The predicted molar refractivity (Wildman–Crippen MR) is 74.3 cm³/mol. The molecule has 108 valence electrons. The summed E-state index contributed by atoms with van der Waals surface area (Å²) in [6.45, 7) is 2.22. The van der Waals surface area contributed by atoms with E-state index in [1.807, 2.05) is 13.0 Å². The van der Waals surface area contributed by atoms with Crippen molar-refractivity contribution in [2.45, 2.75) is 25.8 Å². The molecule has 1 N–H and O–H groups in total. The van der Waals surface area contributed by atoms with E-state index >= 15 is 0 Å². The monoisotopic (exact) mass is 311 g/mol. The van der Waals surface area contributed by atoms with E-state index in [0.717, 1.165) is 12.0 Å². The first kappa shape index (κ1) is 16.6. The van der Waals surface area contributed by atoms with Crippen molar-refractivity contribution in [3.63, 3.8) is 0 Å². The molecule has 0 aliphatic heterocycles. The third kappa shape index (κ3) is 6.04. The molecular formula is C13H17Cl2F2NO. The fourth-order valence-electron chi connectivity index (χ4n) is 1.74. The number of ether oxygens (including phenoxy) is 1. The van der Waals surface area contributed by atoms with Crippen LogP contribution >= 0.6 is 23.2 Å². The molecule has 0 fully saturated rings. The summed E-state index contributed by atoms with van der Waals surface area (Å²) in [5.74, 6) is 0. The van der Waals surface area contributed by atoms with Gasteiger partial charge in [-0.15, -0.1) is 0 Å². The second kappa shape index (κ2) is 8.69. The number of rotatable bonds is 8. The fraction of sp³-hybridized carbons (Fsp3) is 0.538. The Kier molecular flexibility index (Phi) is 7.61. The zero-order chi connectivity index (χ0) is 14.3. The highest BCUT2D eigenvalue weighted by molar-refractivity contribution is 6.35. The summed E-state index contributed by atoms with van der Waals surface area (Å²) in [5, 5.41) is 4.41. The summed E-state index contributed by atoms with van der Waals surface area (Å²) in [6, 6.07) is 5.39. The molecule has 0 amide bonds. The van der Waals surface area contributed by atoms with Gasteiger partial charge in [-0.25, -0.2) is 8.78 Å². The van der Waals surface area contributed by atoms with Gasteiger partial charge in [0.25, 0.3) is 6.43 Å². The maximum Gasteiger partial charge on any atom is 0.261 e. The van der Waals surface area contributed by atoms with Gasteiger partial charge in [0.15, 0.2) is 0 Å². The van der Waals surface area contributed by atoms with Gasteiger partial charge < -0.3 is 10.1 Å². The minimum absolute atomic E-state index is 0.0555. The third-order valence-corrected chi connectivity index (χ3v) is 3.19. The average molecular weight is 312 g/mol. The molecule has 0 saturated carbocycles. The Hall–Kier alpha value is -0.420. The van der Waals surface area contributed by atoms with Crippen LogP contribution in [0.5, 0.6) is 0 Å². The number of hydrogen-bond donors (Lipinski definition) is 1. The molecule has 1 atom stereocenters. The van der Waals surface area contributed by atoms with Crippen LogP contribution in [0.2, 0.25) is 10.0 Å². The van der Waals surface area contributed by atoms with Crippen LogP contribution in [-0.2, 0) is 4.74 Å². The molecule has 1 aromatic rings. The van der Waals surface area contributed by atoms with Gasteiger partial charge in [0.1, 0.15) is 6.61 Å². The predicted octanol–water partition coefficient (Wildman–Crippen LogP) is 4.32. The first-order chi connectivity index (χ1) is 9.04. The maximum absolute atomic E-state index is 11.9. The average Bonchev–Trinajstić information content (AvgIpc) is 2.34. The third-order valence-electron chi connectivity index (χ3n) is 2.63. The van der Waals surface area contributed by atoms with Crippen LogP contribution in [0, 0.1) is 0 Å². The minimum atomic E-state index is -2.42. The van der Waals surface area contributed by atoms with Crippen molar-refractivity contribution < 1.29 is 13.5 Å². The summed E-state index contributed by atoms with van der Waals surface area (Å²) in [6.07, 6.45) is -1.59. The summed E-state index contributed by atoms with van der Waals surface area (Å²) in [4.78, 5) is 0. The minimum Gasteiger partial charge on any atom is -0.374 e. The highest BCUT2D eigenvalue weighted by atomic mass is 35.5. The number of alkyl halides is 2. The Balaban J connectivity index is 2.45. The number of benzene rings is 1. The van der Waals surface area contributed by atoms with Crippen molar-refractivity contribution in [2.75, 3.05) is 19.8 Å². The van der Waals surface area contributed by atoms with Crippen molar-refractivity contribution >= 4 is 23.2 Å². The van der Waals surface area contributed by atoms with Crippen molar-refractivity contribution in [3.05, 3.63) is 33.8 Å². The van der Waals surface area contributed by atoms with Gasteiger partial charge in [0.2, 0.25) is 0 Å². The van der Waals surface area contributed by atoms with E-state index in [0.29, 0.717) is 16.6 Å². The Morgan fingerprint density at radius 1 is 1.32 bits per heavy atom. The highest BCUT2D eigenvalue weighted by Gasteiger charge is 2.12. The second-order valence-corrected chi connectivity index (χ2v) is 4.89. The van der Waals surface area contributed by atoms with Gasteiger partial charge in [-0.3, -0.25) is 0 Å². The Morgan fingerprint density at radius 3 is 2.63 bits per heavy atom. The van der Waals surface area contributed by atoms with Crippen molar-refractivity contribution in [1.82, 2.24) is 5.32 Å². The van der Waals surface area contributed by atoms with Crippen LogP contribution in [0.3, 0.4) is 0 Å². The van der Waals surface area contributed by atoms with Crippen molar-refractivity contribution in [3.8, 4) is 0 Å².